The monoisotopic (exact) mass is 237 g/mol. The second kappa shape index (κ2) is 5.82. The highest BCUT2D eigenvalue weighted by atomic mass is 15.2. The number of hydrogen-bond donors (Lipinski definition) is 2. The fraction of sp³-hybridized carbons (Fsp3) is 0.667. The zero-order valence-corrected chi connectivity index (χ0v) is 11.4. The molecule has 0 aliphatic heterocycles. The van der Waals surface area contributed by atoms with Crippen molar-refractivity contribution in [1.82, 2.24) is 9.97 Å². The standard InChI is InChI=1S/C12H23N5/c1-8(2)17(5)12-6-11(14-9(3)7-13)15-10(4)16-12/h6,8-9H,7,13H2,1-5H3,(H,14,15,16). The first-order valence-electron chi connectivity index (χ1n) is 5.99. The van der Waals surface area contributed by atoms with Crippen molar-refractivity contribution in [1.29, 1.82) is 0 Å². The molecule has 17 heavy (non-hydrogen) atoms. The SMILES string of the molecule is Cc1nc(NC(C)CN)cc(N(C)C(C)C)n1. The van der Waals surface area contributed by atoms with E-state index in [1.807, 2.05) is 27.0 Å². The fourth-order valence-corrected chi connectivity index (χ4v) is 1.38. The summed E-state index contributed by atoms with van der Waals surface area (Å²) >= 11 is 0. The molecule has 1 aromatic rings. The van der Waals surface area contributed by atoms with Crippen molar-refractivity contribution in [3.8, 4) is 0 Å². The van der Waals surface area contributed by atoms with Gasteiger partial charge in [-0.25, -0.2) is 9.97 Å². The molecular formula is C12H23N5. The highest BCUT2D eigenvalue weighted by molar-refractivity contribution is 5.49. The van der Waals surface area contributed by atoms with Crippen molar-refractivity contribution < 1.29 is 0 Å². The van der Waals surface area contributed by atoms with E-state index in [1.54, 1.807) is 0 Å². The smallest absolute Gasteiger partial charge is 0.134 e. The third-order valence-corrected chi connectivity index (χ3v) is 2.71. The molecule has 0 aliphatic rings. The summed E-state index contributed by atoms with van der Waals surface area (Å²) in [5, 5.41) is 3.26. The lowest BCUT2D eigenvalue weighted by molar-refractivity contribution is 0.737. The molecule has 0 radical (unpaired) electrons. The molecule has 0 bridgehead atoms. The second-order valence-corrected chi connectivity index (χ2v) is 4.64. The van der Waals surface area contributed by atoms with Gasteiger partial charge in [0.1, 0.15) is 17.5 Å². The Bertz CT molecular complexity index is 364. The Labute approximate surface area is 103 Å². The topological polar surface area (TPSA) is 67.1 Å². The summed E-state index contributed by atoms with van der Waals surface area (Å²) in [4.78, 5) is 10.9. The van der Waals surface area contributed by atoms with Crippen LogP contribution in [0, 0.1) is 6.92 Å². The van der Waals surface area contributed by atoms with E-state index in [2.05, 4.69) is 34.0 Å². The van der Waals surface area contributed by atoms with Crippen LogP contribution in [0.3, 0.4) is 0 Å². The van der Waals surface area contributed by atoms with Crippen LogP contribution in [0.5, 0.6) is 0 Å². The lowest BCUT2D eigenvalue weighted by Gasteiger charge is -2.23. The predicted octanol–water partition coefficient (Wildman–Crippen LogP) is 1.39. The van der Waals surface area contributed by atoms with Gasteiger partial charge in [-0.3, -0.25) is 0 Å². The number of nitrogens with zero attached hydrogens (tertiary/aromatic N) is 3. The summed E-state index contributed by atoms with van der Waals surface area (Å²) in [5.74, 6) is 2.53. The molecule has 0 spiro atoms. The largest absolute Gasteiger partial charge is 0.366 e. The molecule has 0 aromatic carbocycles. The predicted molar refractivity (Wildman–Crippen MR) is 72.4 cm³/mol. The van der Waals surface area contributed by atoms with Crippen LogP contribution < -0.4 is 16.0 Å². The Morgan fingerprint density at radius 1 is 1.35 bits per heavy atom. The number of hydrogen-bond acceptors (Lipinski definition) is 5. The van der Waals surface area contributed by atoms with Gasteiger partial charge < -0.3 is 16.0 Å². The summed E-state index contributed by atoms with van der Waals surface area (Å²) in [7, 11) is 2.03. The van der Waals surface area contributed by atoms with E-state index in [9.17, 15) is 0 Å². The maximum atomic E-state index is 5.59. The molecule has 1 heterocycles. The lowest BCUT2D eigenvalue weighted by Crippen LogP contribution is -2.28. The van der Waals surface area contributed by atoms with E-state index in [4.69, 9.17) is 5.73 Å². The second-order valence-electron chi connectivity index (χ2n) is 4.64. The first kappa shape index (κ1) is 13.7. The Kier molecular flexibility index (Phi) is 4.69. The molecule has 0 saturated carbocycles. The maximum absolute atomic E-state index is 5.59. The molecule has 3 N–H and O–H groups in total. The van der Waals surface area contributed by atoms with Crippen LogP contribution in [-0.2, 0) is 0 Å². The quantitative estimate of drug-likeness (QED) is 0.810. The van der Waals surface area contributed by atoms with Crippen LogP contribution in [0.2, 0.25) is 0 Å². The molecule has 0 fully saturated rings. The minimum absolute atomic E-state index is 0.210. The van der Waals surface area contributed by atoms with Gasteiger partial charge in [0, 0.05) is 31.7 Å². The number of anilines is 2. The van der Waals surface area contributed by atoms with Crippen LogP contribution in [0.4, 0.5) is 11.6 Å². The minimum atomic E-state index is 0.210. The van der Waals surface area contributed by atoms with Gasteiger partial charge in [0.2, 0.25) is 0 Å². The number of aromatic nitrogens is 2. The molecule has 1 aromatic heterocycles. The van der Waals surface area contributed by atoms with E-state index < -0.39 is 0 Å². The third-order valence-electron chi connectivity index (χ3n) is 2.71. The van der Waals surface area contributed by atoms with Gasteiger partial charge in [0.25, 0.3) is 0 Å². The Morgan fingerprint density at radius 2 is 2.00 bits per heavy atom. The van der Waals surface area contributed by atoms with E-state index in [1.165, 1.54) is 0 Å². The van der Waals surface area contributed by atoms with Crippen molar-refractivity contribution in [2.24, 2.45) is 5.73 Å². The van der Waals surface area contributed by atoms with Crippen LogP contribution in [0.25, 0.3) is 0 Å². The Hall–Kier alpha value is -1.36. The van der Waals surface area contributed by atoms with Gasteiger partial charge in [-0.2, -0.15) is 0 Å². The van der Waals surface area contributed by atoms with Crippen LogP contribution in [0.15, 0.2) is 6.07 Å². The van der Waals surface area contributed by atoms with Gasteiger partial charge in [-0.15, -0.1) is 0 Å². The molecule has 1 unspecified atom stereocenters. The van der Waals surface area contributed by atoms with Crippen molar-refractivity contribution in [2.45, 2.75) is 39.8 Å². The van der Waals surface area contributed by atoms with E-state index >= 15 is 0 Å². The molecule has 0 saturated heterocycles. The highest BCUT2D eigenvalue weighted by Crippen LogP contribution is 2.16. The van der Waals surface area contributed by atoms with Crippen molar-refractivity contribution in [2.75, 3.05) is 23.8 Å². The van der Waals surface area contributed by atoms with E-state index in [0.717, 1.165) is 17.5 Å². The molecule has 0 amide bonds. The molecule has 5 nitrogen and oxygen atoms in total. The van der Waals surface area contributed by atoms with Crippen molar-refractivity contribution in [3.63, 3.8) is 0 Å². The zero-order valence-electron chi connectivity index (χ0n) is 11.4. The molecular weight excluding hydrogens is 214 g/mol. The summed E-state index contributed by atoms with van der Waals surface area (Å²) in [6.07, 6.45) is 0. The molecule has 0 aliphatic carbocycles. The van der Waals surface area contributed by atoms with Gasteiger partial charge in [0.15, 0.2) is 0 Å². The highest BCUT2D eigenvalue weighted by Gasteiger charge is 2.10. The summed E-state index contributed by atoms with van der Waals surface area (Å²) in [5.41, 5.74) is 5.59. The van der Waals surface area contributed by atoms with Crippen LogP contribution >= 0.6 is 0 Å². The Morgan fingerprint density at radius 3 is 2.53 bits per heavy atom. The maximum Gasteiger partial charge on any atom is 0.134 e. The zero-order chi connectivity index (χ0) is 13.0. The summed E-state index contributed by atoms with van der Waals surface area (Å²) < 4.78 is 0. The minimum Gasteiger partial charge on any atom is -0.366 e. The van der Waals surface area contributed by atoms with Crippen LogP contribution in [-0.4, -0.2) is 35.6 Å². The number of rotatable bonds is 5. The number of aryl methyl sites for hydroxylation is 1. The molecule has 96 valence electrons. The van der Waals surface area contributed by atoms with Gasteiger partial charge >= 0.3 is 0 Å². The van der Waals surface area contributed by atoms with Gasteiger partial charge in [-0.1, -0.05) is 0 Å². The normalized spacial score (nSPS) is 12.6. The molecule has 1 atom stereocenters. The van der Waals surface area contributed by atoms with Crippen molar-refractivity contribution >= 4 is 11.6 Å². The molecule has 5 heteroatoms. The first-order chi connectivity index (χ1) is 7.93. The third kappa shape index (κ3) is 3.85. The van der Waals surface area contributed by atoms with Gasteiger partial charge in [-0.05, 0) is 27.7 Å². The molecule has 1 rings (SSSR count). The van der Waals surface area contributed by atoms with Gasteiger partial charge in [0.05, 0.1) is 0 Å². The van der Waals surface area contributed by atoms with Crippen molar-refractivity contribution in [3.05, 3.63) is 11.9 Å². The summed E-state index contributed by atoms with van der Waals surface area (Å²) in [6, 6.07) is 2.57. The number of nitrogens with two attached hydrogens (primary N) is 1. The lowest BCUT2D eigenvalue weighted by atomic mass is 10.3. The first-order valence-corrected chi connectivity index (χ1v) is 5.99. The average molecular weight is 237 g/mol. The fourth-order valence-electron chi connectivity index (χ4n) is 1.38. The summed E-state index contributed by atoms with van der Waals surface area (Å²) in [6.45, 7) is 8.78. The average Bonchev–Trinajstić information content (AvgIpc) is 2.26. The van der Waals surface area contributed by atoms with Crippen LogP contribution in [0.1, 0.15) is 26.6 Å². The Balaban J connectivity index is 2.94. The number of nitrogens with one attached hydrogen (secondary N) is 1. The van der Waals surface area contributed by atoms with E-state index in [0.29, 0.717) is 12.6 Å². The van der Waals surface area contributed by atoms with E-state index in [-0.39, 0.29) is 6.04 Å².